The molecule has 4 bridgehead atoms. The van der Waals surface area contributed by atoms with Gasteiger partial charge >= 0.3 is 12.1 Å². The van der Waals surface area contributed by atoms with Crippen molar-refractivity contribution in [2.24, 2.45) is 71.0 Å². The summed E-state index contributed by atoms with van der Waals surface area (Å²) in [7, 11) is 0. The normalized spacial score (nSPS) is 69.9. The van der Waals surface area contributed by atoms with Crippen LogP contribution in [0.25, 0.3) is 0 Å². The molecule has 8 fully saturated rings. The molecule has 0 aromatic heterocycles. The quantitative estimate of drug-likeness (QED) is 0.696. The molecule has 2 unspecified atom stereocenters. The minimum Gasteiger partial charge on any atom is -0.455 e. The molecule has 0 saturated heterocycles. The topological polar surface area (TPSA) is 26.3 Å². The monoisotopic (exact) mass is 310 g/mol. The Labute approximate surface area is 125 Å². The molecule has 13 atom stereocenters. The molecule has 0 spiro atoms. The van der Waals surface area contributed by atoms with Crippen molar-refractivity contribution in [3.05, 3.63) is 0 Å². The number of carbonyl (C=O) groups excluding carboxylic acids is 1. The minimum absolute atomic E-state index is 0.268. The Kier molecular flexibility index (Phi) is 1.59. The van der Waals surface area contributed by atoms with Gasteiger partial charge in [0.05, 0.1) is 0 Å². The number of fused-ring (bicyclic) bond motifs is 1. The predicted molar refractivity (Wildman–Crippen MR) is 67.0 cm³/mol. The fourth-order valence-corrected chi connectivity index (χ4v) is 10.0. The van der Waals surface area contributed by atoms with Crippen LogP contribution in [-0.4, -0.2) is 18.2 Å². The van der Waals surface area contributed by atoms with Gasteiger partial charge in [-0.1, -0.05) is 0 Å². The maximum atomic E-state index is 12.6. The first-order valence-electron chi connectivity index (χ1n) is 8.76. The molecular formula is C17H17F3O2. The number of ether oxygens (including phenoxy) is 1. The molecular weight excluding hydrogens is 293 g/mol. The Bertz CT molecular complexity index is 596. The molecule has 0 aliphatic heterocycles. The van der Waals surface area contributed by atoms with E-state index in [1.165, 1.54) is 6.42 Å². The Hall–Kier alpha value is -0.740. The number of carbonyl (C=O) groups is 1. The van der Waals surface area contributed by atoms with Gasteiger partial charge in [0.15, 0.2) is 0 Å². The van der Waals surface area contributed by atoms with Gasteiger partial charge in [-0.25, -0.2) is 4.79 Å². The van der Waals surface area contributed by atoms with E-state index in [9.17, 15) is 18.0 Å². The van der Waals surface area contributed by atoms with Crippen molar-refractivity contribution in [3.8, 4) is 0 Å². The largest absolute Gasteiger partial charge is 0.490 e. The van der Waals surface area contributed by atoms with Crippen molar-refractivity contribution in [3.63, 3.8) is 0 Å². The van der Waals surface area contributed by atoms with E-state index in [-0.39, 0.29) is 5.92 Å². The van der Waals surface area contributed by atoms with Gasteiger partial charge in [0.2, 0.25) is 0 Å². The number of rotatable bonds is 1. The molecule has 118 valence electrons. The summed E-state index contributed by atoms with van der Waals surface area (Å²) < 4.78 is 42.8. The van der Waals surface area contributed by atoms with Crippen LogP contribution >= 0.6 is 0 Å². The molecule has 0 aromatic rings. The molecule has 0 radical (unpaired) electrons. The summed E-state index contributed by atoms with van der Waals surface area (Å²) in [6, 6.07) is 0. The van der Waals surface area contributed by atoms with Crippen LogP contribution in [0.4, 0.5) is 13.2 Å². The Balaban J connectivity index is 1.31. The van der Waals surface area contributed by atoms with Gasteiger partial charge in [-0.15, -0.1) is 0 Å². The summed E-state index contributed by atoms with van der Waals surface area (Å²) in [5.41, 5.74) is 0. The van der Waals surface area contributed by atoms with Gasteiger partial charge in [0, 0.05) is 5.92 Å². The van der Waals surface area contributed by atoms with E-state index in [2.05, 4.69) is 0 Å². The molecule has 0 N–H and O–H groups in total. The summed E-state index contributed by atoms with van der Waals surface area (Å²) in [6.45, 7) is 0. The summed E-state index contributed by atoms with van der Waals surface area (Å²) in [5.74, 6) is 6.79. The molecule has 8 aliphatic carbocycles. The molecule has 8 saturated carbocycles. The lowest BCUT2D eigenvalue weighted by molar-refractivity contribution is -0.217. The van der Waals surface area contributed by atoms with Gasteiger partial charge < -0.3 is 4.74 Å². The standard InChI is InChI=1S/C17H17F3O2/c18-17(19,20)16(21)22-6-2-5-11-7-3-1-4-8(7)12(5)15-10(4)9(3)14(11)13(6)15/h3-15H,1-2H2/t3-,4+,5?,6-,7-,8+,9+,10-,11-,12-,13?,14-,15+/m0/s1. The Morgan fingerprint density at radius 1 is 0.727 bits per heavy atom. The molecule has 0 amide bonds. The van der Waals surface area contributed by atoms with Crippen LogP contribution in [0.3, 0.4) is 0 Å². The van der Waals surface area contributed by atoms with E-state index in [0.717, 1.165) is 53.8 Å². The molecule has 8 aliphatic rings. The highest BCUT2D eigenvalue weighted by Gasteiger charge is 2.88. The van der Waals surface area contributed by atoms with Gasteiger partial charge in [0.1, 0.15) is 6.10 Å². The van der Waals surface area contributed by atoms with E-state index in [0.29, 0.717) is 17.8 Å². The van der Waals surface area contributed by atoms with Crippen molar-refractivity contribution >= 4 is 5.97 Å². The van der Waals surface area contributed by atoms with Crippen molar-refractivity contribution in [2.75, 3.05) is 0 Å². The third-order valence-corrected chi connectivity index (χ3v) is 9.38. The van der Waals surface area contributed by atoms with Crippen LogP contribution in [-0.2, 0) is 9.53 Å². The van der Waals surface area contributed by atoms with Crippen LogP contribution in [0.15, 0.2) is 0 Å². The van der Waals surface area contributed by atoms with E-state index >= 15 is 0 Å². The zero-order valence-electron chi connectivity index (χ0n) is 11.9. The lowest BCUT2D eigenvalue weighted by Gasteiger charge is -2.51. The predicted octanol–water partition coefficient (Wildman–Crippen LogP) is 2.73. The lowest BCUT2D eigenvalue weighted by Crippen LogP contribution is -2.52. The zero-order chi connectivity index (χ0) is 14.7. The first kappa shape index (κ1) is 11.7. The Morgan fingerprint density at radius 2 is 1.18 bits per heavy atom. The van der Waals surface area contributed by atoms with E-state index in [1.54, 1.807) is 0 Å². The van der Waals surface area contributed by atoms with Gasteiger partial charge in [-0.3, -0.25) is 0 Å². The number of esters is 1. The van der Waals surface area contributed by atoms with Gasteiger partial charge in [-0.2, -0.15) is 13.2 Å². The molecule has 8 rings (SSSR count). The minimum atomic E-state index is -4.85. The number of hydrogen-bond donors (Lipinski definition) is 0. The van der Waals surface area contributed by atoms with E-state index < -0.39 is 18.2 Å². The molecule has 5 heteroatoms. The summed E-state index contributed by atoms with van der Waals surface area (Å²) in [5, 5.41) is 0. The SMILES string of the molecule is O=C(O[C@H]1CC2[C@@H]3[C@H]4C1[C@H]1[C@@H]2[C@@H]2[C@H]5C[C@@H]([C@H]32)[C@@H]4[C@H]51)C(F)(F)F. The van der Waals surface area contributed by atoms with Crippen molar-refractivity contribution in [1.82, 2.24) is 0 Å². The number of halogens is 3. The number of alkyl halides is 3. The van der Waals surface area contributed by atoms with Crippen molar-refractivity contribution in [2.45, 2.75) is 25.1 Å². The summed E-state index contributed by atoms with van der Waals surface area (Å²) in [4.78, 5) is 11.3. The smallest absolute Gasteiger partial charge is 0.455 e. The summed E-state index contributed by atoms with van der Waals surface area (Å²) >= 11 is 0. The third kappa shape index (κ3) is 0.883. The van der Waals surface area contributed by atoms with E-state index in [4.69, 9.17) is 4.74 Å². The highest BCUT2D eigenvalue weighted by molar-refractivity contribution is 5.75. The fraction of sp³-hybridized carbons (Fsp3) is 0.941. The highest BCUT2D eigenvalue weighted by atomic mass is 19.4. The maximum absolute atomic E-state index is 12.6. The average Bonchev–Trinajstić information content (AvgIpc) is 3.13. The van der Waals surface area contributed by atoms with Gasteiger partial charge in [-0.05, 0) is 77.9 Å². The molecule has 22 heavy (non-hydrogen) atoms. The van der Waals surface area contributed by atoms with Crippen LogP contribution in [0.1, 0.15) is 12.8 Å². The van der Waals surface area contributed by atoms with Crippen LogP contribution in [0, 0.1) is 71.0 Å². The van der Waals surface area contributed by atoms with Crippen molar-refractivity contribution < 1.29 is 22.7 Å². The highest BCUT2D eigenvalue weighted by Crippen LogP contribution is 2.91. The van der Waals surface area contributed by atoms with Crippen LogP contribution < -0.4 is 0 Å². The third-order valence-electron chi connectivity index (χ3n) is 9.38. The second kappa shape index (κ2) is 2.98. The lowest BCUT2D eigenvalue weighted by atomic mass is 9.56. The second-order valence-electron chi connectivity index (χ2n) is 9.10. The van der Waals surface area contributed by atoms with Gasteiger partial charge in [0.25, 0.3) is 0 Å². The molecule has 0 aromatic carbocycles. The van der Waals surface area contributed by atoms with E-state index in [1.807, 2.05) is 0 Å². The zero-order valence-corrected chi connectivity index (χ0v) is 11.9. The van der Waals surface area contributed by atoms with Crippen molar-refractivity contribution in [1.29, 1.82) is 0 Å². The first-order valence-corrected chi connectivity index (χ1v) is 8.76. The fourth-order valence-electron chi connectivity index (χ4n) is 10.0. The summed E-state index contributed by atoms with van der Waals surface area (Å²) in [6.07, 6.45) is -3.15. The van der Waals surface area contributed by atoms with Crippen LogP contribution in [0.2, 0.25) is 0 Å². The average molecular weight is 310 g/mol. The number of hydrogen-bond acceptors (Lipinski definition) is 2. The second-order valence-corrected chi connectivity index (χ2v) is 9.10. The molecule has 0 heterocycles. The van der Waals surface area contributed by atoms with Crippen LogP contribution in [0.5, 0.6) is 0 Å². The first-order chi connectivity index (χ1) is 10.5. The molecule has 2 nitrogen and oxygen atoms in total. The maximum Gasteiger partial charge on any atom is 0.490 e. The Morgan fingerprint density at radius 3 is 1.68 bits per heavy atom.